The molecule has 0 aromatic carbocycles. The summed E-state index contributed by atoms with van der Waals surface area (Å²) in [7, 11) is 0. The molecule has 2 N–H and O–H groups in total. The Hall–Kier alpha value is -1.16. The minimum atomic E-state index is -0.319. The van der Waals surface area contributed by atoms with Crippen LogP contribution >= 0.6 is 11.3 Å². The molecule has 1 aromatic heterocycles. The van der Waals surface area contributed by atoms with Crippen LogP contribution in [-0.4, -0.2) is 11.7 Å². The van der Waals surface area contributed by atoms with Crippen LogP contribution in [0.4, 0.5) is 0 Å². The van der Waals surface area contributed by atoms with Crippen molar-refractivity contribution in [2.75, 3.05) is 0 Å². The third kappa shape index (κ3) is 2.89. The van der Waals surface area contributed by atoms with Gasteiger partial charge >= 0.3 is 0 Å². The average molecular weight is 224 g/mol. The van der Waals surface area contributed by atoms with E-state index < -0.39 is 0 Å². The van der Waals surface area contributed by atoms with Crippen molar-refractivity contribution in [2.24, 2.45) is 5.41 Å². The molecule has 3 nitrogen and oxygen atoms in total. The molecule has 0 aliphatic rings. The lowest BCUT2D eigenvalue weighted by molar-refractivity contribution is 0.0977. The smallest absolute Gasteiger partial charge is 0.266 e. The van der Waals surface area contributed by atoms with Crippen molar-refractivity contribution < 1.29 is 4.79 Å². The zero-order valence-corrected chi connectivity index (χ0v) is 10.3. The second kappa shape index (κ2) is 4.14. The van der Waals surface area contributed by atoms with E-state index in [1.807, 2.05) is 39.1 Å². The summed E-state index contributed by atoms with van der Waals surface area (Å²) in [6, 6.07) is 1.90. The van der Waals surface area contributed by atoms with Crippen molar-refractivity contribution in [1.29, 1.82) is 5.41 Å². The summed E-state index contributed by atoms with van der Waals surface area (Å²) in [5, 5.41) is 12.2. The summed E-state index contributed by atoms with van der Waals surface area (Å²) in [5.74, 6) is 0.0720. The fourth-order valence-corrected chi connectivity index (χ4v) is 1.78. The first-order chi connectivity index (χ1) is 6.82. The molecule has 1 rings (SSSR count). The molecule has 4 heteroatoms. The quantitative estimate of drug-likeness (QED) is 0.559. The second-order valence-corrected chi connectivity index (χ2v) is 5.43. The van der Waals surface area contributed by atoms with Crippen LogP contribution < -0.4 is 5.32 Å². The summed E-state index contributed by atoms with van der Waals surface area (Å²) in [6.07, 6.45) is 0. The lowest BCUT2D eigenvalue weighted by Crippen LogP contribution is -2.38. The number of amides is 1. The number of aryl methyl sites for hydroxylation is 1. The van der Waals surface area contributed by atoms with E-state index in [9.17, 15) is 4.79 Å². The van der Waals surface area contributed by atoms with Gasteiger partial charge in [-0.1, -0.05) is 20.8 Å². The van der Waals surface area contributed by atoms with Gasteiger partial charge in [0, 0.05) is 5.41 Å². The number of amidine groups is 1. The second-order valence-electron chi connectivity index (χ2n) is 4.51. The highest BCUT2D eigenvalue weighted by Gasteiger charge is 2.20. The summed E-state index contributed by atoms with van der Waals surface area (Å²) in [5.41, 5.74) is 0.639. The summed E-state index contributed by atoms with van der Waals surface area (Å²) >= 11 is 1.40. The summed E-state index contributed by atoms with van der Waals surface area (Å²) < 4.78 is 0. The number of hydrogen-bond donors (Lipinski definition) is 2. The molecule has 0 aliphatic heterocycles. The van der Waals surface area contributed by atoms with E-state index in [4.69, 9.17) is 5.41 Å². The summed E-state index contributed by atoms with van der Waals surface area (Å²) in [6.45, 7) is 7.59. The van der Waals surface area contributed by atoms with Gasteiger partial charge < -0.3 is 5.32 Å². The maximum atomic E-state index is 11.7. The van der Waals surface area contributed by atoms with Crippen molar-refractivity contribution >= 4 is 23.1 Å². The minimum absolute atomic E-state index is 0.178. The van der Waals surface area contributed by atoms with Crippen LogP contribution in [0.25, 0.3) is 0 Å². The van der Waals surface area contributed by atoms with Gasteiger partial charge in [-0.2, -0.15) is 0 Å². The van der Waals surface area contributed by atoms with Gasteiger partial charge in [0.2, 0.25) is 0 Å². The Bertz CT molecular complexity index is 388. The lowest BCUT2D eigenvalue weighted by Gasteiger charge is -2.19. The Morgan fingerprint density at radius 3 is 2.47 bits per heavy atom. The SMILES string of the molecule is Cc1ccsc1C(=O)NC(=N)C(C)(C)C. The van der Waals surface area contributed by atoms with Crippen LogP contribution in [0.2, 0.25) is 0 Å². The first-order valence-corrected chi connectivity index (χ1v) is 5.65. The number of thiophene rings is 1. The maximum absolute atomic E-state index is 11.7. The third-order valence-electron chi connectivity index (χ3n) is 2.06. The molecule has 1 aromatic rings. The van der Waals surface area contributed by atoms with E-state index >= 15 is 0 Å². The number of hydrogen-bond acceptors (Lipinski definition) is 3. The van der Waals surface area contributed by atoms with Gasteiger partial charge in [-0.25, -0.2) is 0 Å². The Kier molecular flexibility index (Phi) is 3.29. The minimum Gasteiger partial charge on any atom is -0.309 e. The van der Waals surface area contributed by atoms with Gasteiger partial charge in [0.05, 0.1) is 4.88 Å². The van der Waals surface area contributed by atoms with Crippen molar-refractivity contribution in [3.63, 3.8) is 0 Å². The van der Waals surface area contributed by atoms with E-state index in [1.54, 1.807) is 0 Å². The fourth-order valence-electron chi connectivity index (χ4n) is 0.963. The van der Waals surface area contributed by atoms with Crippen molar-refractivity contribution in [1.82, 2.24) is 5.32 Å². The van der Waals surface area contributed by atoms with Gasteiger partial charge in [0.25, 0.3) is 5.91 Å². The molecule has 0 bridgehead atoms. The van der Waals surface area contributed by atoms with Crippen molar-refractivity contribution in [3.05, 3.63) is 21.9 Å². The molecular formula is C11H16N2OS. The third-order valence-corrected chi connectivity index (χ3v) is 3.07. The Morgan fingerprint density at radius 1 is 1.47 bits per heavy atom. The standard InChI is InChI=1S/C11H16N2OS/c1-7-5-6-15-8(7)9(14)13-10(12)11(2,3)4/h5-6H,1-4H3,(H2,12,13,14). The Morgan fingerprint density at radius 2 is 2.07 bits per heavy atom. The van der Waals surface area contributed by atoms with Gasteiger partial charge in [-0.05, 0) is 23.9 Å². The predicted molar refractivity (Wildman–Crippen MR) is 63.7 cm³/mol. The van der Waals surface area contributed by atoms with Gasteiger partial charge in [0.1, 0.15) is 5.84 Å². The van der Waals surface area contributed by atoms with Crippen LogP contribution in [-0.2, 0) is 0 Å². The highest BCUT2D eigenvalue weighted by Crippen LogP contribution is 2.17. The Labute approximate surface area is 94.0 Å². The van der Waals surface area contributed by atoms with E-state index in [0.29, 0.717) is 4.88 Å². The largest absolute Gasteiger partial charge is 0.309 e. The molecule has 0 fully saturated rings. The average Bonchev–Trinajstić information content (AvgIpc) is 2.49. The van der Waals surface area contributed by atoms with E-state index in [2.05, 4.69) is 5.32 Å². The van der Waals surface area contributed by atoms with Crippen LogP contribution in [0, 0.1) is 17.7 Å². The topological polar surface area (TPSA) is 53.0 Å². The molecule has 1 amide bonds. The molecule has 0 radical (unpaired) electrons. The molecule has 1 heterocycles. The molecule has 0 unspecified atom stereocenters. The van der Waals surface area contributed by atoms with Gasteiger partial charge in [0.15, 0.2) is 0 Å². The molecule has 0 atom stereocenters. The molecule has 82 valence electrons. The molecule has 0 aliphatic carbocycles. The number of carbonyl (C=O) groups is 1. The molecular weight excluding hydrogens is 208 g/mol. The molecule has 0 spiro atoms. The van der Waals surface area contributed by atoms with Gasteiger partial charge in [-0.3, -0.25) is 10.2 Å². The zero-order valence-electron chi connectivity index (χ0n) is 9.47. The normalized spacial score (nSPS) is 11.2. The molecule has 15 heavy (non-hydrogen) atoms. The van der Waals surface area contributed by atoms with Crippen molar-refractivity contribution in [2.45, 2.75) is 27.7 Å². The van der Waals surface area contributed by atoms with Gasteiger partial charge in [-0.15, -0.1) is 11.3 Å². The monoisotopic (exact) mass is 224 g/mol. The van der Waals surface area contributed by atoms with Crippen LogP contribution in [0.15, 0.2) is 11.4 Å². The van der Waals surface area contributed by atoms with E-state index in [1.165, 1.54) is 11.3 Å². The van der Waals surface area contributed by atoms with E-state index in [-0.39, 0.29) is 17.2 Å². The first kappa shape index (κ1) is 11.9. The van der Waals surface area contributed by atoms with Crippen molar-refractivity contribution in [3.8, 4) is 0 Å². The van der Waals surface area contributed by atoms with Crippen LogP contribution in [0.3, 0.4) is 0 Å². The zero-order chi connectivity index (χ0) is 11.6. The predicted octanol–water partition coefficient (Wildman–Crippen LogP) is 2.81. The molecule has 0 saturated heterocycles. The van der Waals surface area contributed by atoms with Crippen LogP contribution in [0.1, 0.15) is 36.0 Å². The highest BCUT2D eigenvalue weighted by atomic mass is 32.1. The van der Waals surface area contributed by atoms with E-state index in [0.717, 1.165) is 5.56 Å². The Balaban J connectivity index is 2.74. The first-order valence-electron chi connectivity index (χ1n) is 4.77. The lowest BCUT2D eigenvalue weighted by atomic mass is 9.95. The molecule has 0 saturated carbocycles. The maximum Gasteiger partial charge on any atom is 0.266 e. The van der Waals surface area contributed by atoms with Crippen LogP contribution in [0.5, 0.6) is 0 Å². The fraction of sp³-hybridized carbons (Fsp3) is 0.455. The summed E-state index contributed by atoms with van der Waals surface area (Å²) in [4.78, 5) is 12.4. The highest BCUT2D eigenvalue weighted by molar-refractivity contribution is 7.12. The number of nitrogens with one attached hydrogen (secondary N) is 2. The number of carbonyl (C=O) groups excluding carboxylic acids is 1. The number of rotatable bonds is 1.